The minimum Gasteiger partial charge on any atom is -0.486 e. The fourth-order valence-electron chi connectivity index (χ4n) is 3.30. The predicted octanol–water partition coefficient (Wildman–Crippen LogP) is 4.41. The second kappa shape index (κ2) is 8.78. The molecule has 0 bridgehead atoms. The molecule has 3 aromatic carbocycles. The number of halogens is 1. The first-order chi connectivity index (χ1) is 14.6. The summed E-state index contributed by atoms with van der Waals surface area (Å²) in [5.74, 6) is 0.941. The number of ether oxygens (including phenoxy) is 1. The number of nitrogens with zero attached hydrogens (tertiary/aromatic N) is 3. The van der Waals surface area contributed by atoms with E-state index < -0.39 is 0 Å². The Balaban J connectivity index is 1.54. The van der Waals surface area contributed by atoms with Gasteiger partial charge in [0.25, 0.3) is 0 Å². The van der Waals surface area contributed by atoms with Gasteiger partial charge in [-0.15, -0.1) is 0 Å². The topological polar surface area (TPSA) is 47.4 Å². The monoisotopic (exact) mass is 403 g/mol. The van der Waals surface area contributed by atoms with Crippen LogP contribution in [0.4, 0.5) is 4.39 Å². The molecule has 30 heavy (non-hydrogen) atoms. The van der Waals surface area contributed by atoms with Crippen LogP contribution in [0.5, 0.6) is 5.75 Å². The molecule has 0 aliphatic heterocycles. The molecule has 6 heteroatoms. The van der Waals surface area contributed by atoms with Crippen LogP contribution in [0.3, 0.4) is 0 Å². The van der Waals surface area contributed by atoms with E-state index in [4.69, 9.17) is 4.74 Å². The van der Waals surface area contributed by atoms with Crippen LogP contribution in [0.2, 0.25) is 0 Å². The fraction of sp³-hybridized carbons (Fsp3) is 0.167. The number of fused-ring (bicyclic) bond motifs is 1. The molecule has 5 nitrogen and oxygen atoms in total. The molecule has 0 unspecified atom stereocenters. The lowest BCUT2D eigenvalue weighted by Crippen LogP contribution is -2.30. The molecule has 0 fully saturated rings. The Morgan fingerprint density at radius 3 is 2.50 bits per heavy atom. The number of amides is 1. The number of carbonyl (C=O) groups is 1. The Bertz CT molecular complexity index is 1160. The van der Waals surface area contributed by atoms with E-state index in [0.29, 0.717) is 11.4 Å². The summed E-state index contributed by atoms with van der Waals surface area (Å²) in [6.45, 7) is 0.538. The number of rotatable bonds is 7. The maximum atomic E-state index is 14.0. The van der Waals surface area contributed by atoms with Gasteiger partial charge >= 0.3 is 0 Å². The van der Waals surface area contributed by atoms with E-state index in [1.807, 2.05) is 59.2 Å². The van der Waals surface area contributed by atoms with Crippen molar-refractivity contribution in [1.29, 1.82) is 0 Å². The Morgan fingerprint density at radius 1 is 1.00 bits per heavy atom. The van der Waals surface area contributed by atoms with Gasteiger partial charge in [-0.1, -0.05) is 48.5 Å². The van der Waals surface area contributed by atoms with Gasteiger partial charge in [0.05, 0.1) is 11.0 Å². The molecule has 152 valence electrons. The third-order valence-corrected chi connectivity index (χ3v) is 4.93. The van der Waals surface area contributed by atoms with Crippen molar-refractivity contribution in [2.24, 2.45) is 0 Å². The molecule has 0 saturated heterocycles. The van der Waals surface area contributed by atoms with Crippen molar-refractivity contribution in [2.45, 2.75) is 19.7 Å². The molecular weight excluding hydrogens is 381 g/mol. The van der Waals surface area contributed by atoms with Crippen LogP contribution in [0.25, 0.3) is 11.0 Å². The van der Waals surface area contributed by atoms with Gasteiger partial charge in [-0.05, 0) is 30.3 Å². The maximum Gasteiger partial charge on any atom is 0.242 e. The summed E-state index contributed by atoms with van der Waals surface area (Å²) in [5.41, 5.74) is 2.14. The zero-order valence-corrected chi connectivity index (χ0v) is 16.7. The summed E-state index contributed by atoms with van der Waals surface area (Å²) < 4.78 is 21.7. The lowest BCUT2D eigenvalue weighted by atomic mass is 10.2. The number of imidazole rings is 1. The normalized spacial score (nSPS) is 10.9. The highest BCUT2D eigenvalue weighted by atomic mass is 19.1. The van der Waals surface area contributed by atoms with Crippen molar-refractivity contribution >= 4 is 16.9 Å². The van der Waals surface area contributed by atoms with E-state index in [-0.39, 0.29) is 31.4 Å². The average molecular weight is 403 g/mol. The Hall–Kier alpha value is -3.67. The molecule has 0 aliphatic rings. The number of hydrogen-bond acceptors (Lipinski definition) is 3. The molecular formula is C24H22FN3O2. The van der Waals surface area contributed by atoms with E-state index in [0.717, 1.165) is 16.8 Å². The van der Waals surface area contributed by atoms with Crippen molar-refractivity contribution in [2.75, 3.05) is 7.05 Å². The fourth-order valence-corrected chi connectivity index (χ4v) is 3.30. The maximum absolute atomic E-state index is 14.0. The van der Waals surface area contributed by atoms with Crippen molar-refractivity contribution in [3.8, 4) is 5.75 Å². The third-order valence-electron chi connectivity index (χ3n) is 4.93. The molecule has 4 rings (SSSR count). The van der Waals surface area contributed by atoms with Crippen LogP contribution in [0.1, 0.15) is 11.4 Å². The zero-order chi connectivity index (χ0) is 20.9. The first kappa shape index (κ1) is 19.6. The van der Waals surface area contributed by atoms with Crippen molar-refractivity contribution in [3.05, 3.63) is 96.1 Å². The van der Waals surface area contributed by atoms with Crippen LogP contribution >= 0.6 is 0 Å². The van der Waals surface area contributed by atoms with E-state index in [1.165, 1.54) is 11.0 Å². The van der Waals surface area contributed by atoms with Crippen LogP contribution < -0.4 is 4.74 Å². The third kappa shape index (κ3) is 4.33. The predicted molar refractivity (Wildman–Crippen MR) is 113 cm³/mol. The molecule has 4 aromatic rings. The molecule has 0 saturated carbocycles. The Morgan fingerprint density at radius 2 is 1.70 bits per heavy atom. The standard InChI is InChI=1S/C24H22FN3O2/c1-27(15-18-9-5-6-12-20(18)25)24(29)16-28-22-14-8-7-13-21(22)26-23(28)17-30-19-10-3-2-4-11-19/h2-14H,15-17H2,1H3. The molecule has 0 N–H and O–H groups in total. The minimum atomic E-state index is -0.317. The summed E-state index contributed by atoms with van der Waals surface area (Å²) in [5, 5.41) is 0. The molecule has 1 heterocycles. The Labute approximate surface area is 174 Å². The summed E-state index contributed by atoms with van der Waals surface area (Å²) in [4.78, 5) is 19.1. The van der Waals surface area contributed by atoms with Gasteiger partial charge in [0.1, 0.15) is 30.5 Å². The zero-order valence-electron chi connectivity index (χ0n) is 16.7. The van der Waals surface area contributed by atoms with E-state index in [9.17, 15) is 9.18 Å². The average Bonchev–Trinajstić information content (AvgIpc) is 3.12. The van der Waals surface area contributed by atoms with Gasteiger partial charge < -0.3 is 14.2 Å². The highest BCUT2D eigenvalue weighted by Crippen LogP contribution is 2.19. The van der Waals surface area contributed by atoms with E-state index >= 15 is 0 Å². The number of likely N-dealkylation sites (N-methyl/N-ethyl adjacent to an activating group) is 1. The van der Waals surface area contributed by atoms with E-state index in [2.05, 4.69) is 4.98 Å². The second-order valence-electron chi connectivity index (χ2n) is 7.05. The van der Waals surface area contributed by atoms with Crippen molar-refractivity contribution < 1.29 is 13.9 Å². The first-order valence-electron chi connectivity index (χ1n) is 9.71. The van der Waals surface area contributed by atoms with Crippen LogP contribution in [0, 0.1) is 5.82 Å². The Kier molecular flexibility index (Phi) is 5.75. The van der Waals surface area contributed by atoms with Crippen LogP contribution in [-0.2, 0) is 24.5 Å². The lowest BCUT2D eigenvalue weighted by Gasteiger charge is -2.19. The van der Waals surface area contributed by atoms with Gasteiger partial charge in [0, 0.05) is 19.2 Å². The minimum absolute atomic E-state index is 0.0962. The SMILES string of the molecule is CN(Cc1ccccc1F)C(=O)Cn1c(COc2ccccc2)nc2ccccc21. The van der Waals surface area contributed by atoms with Gasteiger partial charge in [0.2, 0.25) is 5.91 Å². The smallest absolute Gasteiger partial charge is 0.242 e. The summed E-state index contributed by atoms with van der Waals surface area (Å²) >= 11 is 0. The van der Waals surface area contributed by atoms with Crippen LogP contribution in [-0.4, -0.2) is 27.4 Å². The summed E-state index contributed by atoms with van der Waals surface area (Å²) in [7, 11) is 1.67. The number of para-hydroxylation sites is 3. The quantitative estimate of drug-likeness (QED) is 0.459. The molecule has 0 spiro atoms. The summed E-state index contributed by atoms with van der Waals surface area (Å²) in [6.07, 6.45) is 0. The van der Waals surface area contributed by atoms with Crippen LogP contribution in [0.15, 0.2) is 78.9 Å². The van der Waals surface area contributed by atoms with Gasteiger partial charge in [-0.25, -0.2) is 9.37 Å². The highest BCUT2D eigenvalue weighted by Gasteiger charge is 2.17. The molecule has 0 atom stereocenters. The number of hydrogen-bond donors (Lipinski definition) is 0. The van der Waals surface area contributed by atoms with Gasteiger partial charge in [-0.2, -0.15) is 0 Å². The first-order valence-corrected chi connectivity index (χ1v) is 9.71. The molecule has 1 amide bonds. The highest BCUT2D eigenvalue weighted by molar-refractivity contribution is 5.81. The van der Waals surface area contributed by atoms with E-state index in [1.54, 1.807) is 25.2 Å². The number of aromatic nitrogens is 2. The largest absolute Gasteiger partial charge is 0.486 e. The number of carbonyl (C=O) groups excluding carboxylic acids is 1. The second-order valence-corrected chi connectivity index (χ2v) is 7.05. The summed E-state index contributed by atoms with van der Waals surface area (Å²) in [6, 6.07) is 23.6. The lowest BCUT2D eigenvalue weighted by molar-refractivity contribution is -0.131. The van der Waals surface area contributed by atoms with Gasteiger partial charge in [-0.3, -0.25) is 4.79 Å². The van der Waals surface area contributed by atoms with Crippen molar-refractivity contribution in [1.82, 2.24) is 14.5 Å². The molecule has 0 aliphatic carbocycles. The molecule has 0 radical (unpaired) electrons. The van der Waals surface area contributed by atoms with Gasteiger partial charge in [0.15, 0.2) is 0 Å². The molecule has 1 aromatic heterocycles. The number of benzene rings is 3. The van der Waals surface area contributed by atoms with Crippen molar-refractivity contribution in [3.63, 3.8) is 0 Å².